The van der Waals surface area contributed by atoms with Crippen molar-refractivity contribution < 1.29 is 17.1 Å². The molecule has 0 radical (unpaired) electrons. The van der Waals surface area contributed by atoms with E-state index in [0.717, 1.165) is 25.3 Å². The van der Waals surface area contributed by atoms with Gasteiger partial charge in [0.05, 0.1) is 4.91 Å². The van der Waals surface area contributed by atoms with E-state index < -0.39 is 15.1 Å². The first kappa shape index (κ1) is 13.9. The van der Waals surface area contributed by atoms with Crippen molar-refractivity contribution >= 4 is 16.1 Å². The Kier molecular flexibility index (Phi) is 4.86. The molecule has 0 fully saturated rings. The summed E-state index contributed by atoms with van der Waals surface area (Å²) in [5.74, 6) is -0.323. The van der Waals surface area contributed by atoms with Crippen molar-refractivity contribution in [3.05, 3.63) is 22.6 Å². The van der Waals surface area contributed by atoms with Gasteiger partial charge in [-0.05, 0) is 18.9 Å². The molecule has 0 atom stereocenters. The second-order valence-electron chi connectivity index (χ2n) is 3.88. The van der Waals surface area contributed by atoms with Crippen molar-refractivity contribution in [2.24, 2.45) is 0 Å². The van der Waals surface area contributed by atoms with Crippen LogP contribution in [0.15, 0.2) is 22.6 Å². The molecule has 4 nitrogen and oxygen atoms in total. The van der Waals surface area contributed by atoms with Crippen LogP contribution in [-0.4, -0.2) is 20.9 Å². The van der Waals surface area contributed by atoms with Gasteiger partial charge >= 0.3 is 10.2 Å². The topological polar surface area (TPSA) is 63.2 Å². The number of hydrogen-bond acceptors (Lipinski definition) is 3. The molecule has 0 spiro atoms. The SMILES string of the molecule is CCCCCNC(=O)C1=CC(S(=O)(=O)F)=CC1. The van der Waals surface area contributed by atoms with Crippen LogP contribution in [0.5, 0.6) is 0 Å². The van der Waals surface area contributed by atoms with E-state index in [-0.39, 0.29) is 17.9 Å². The highest BCUT2D eigenvalue weighted by Crippen LogP contribution is 2.23. The molecule has 0 aromatic rings. The summed E-state index contributed by atoms with van der Waals surface area (Å²) in [4.78, 5) is 11.1. The Bertz CT molecular complexity index is 451. The van der Waals surface area contributed by atoms with Crippen molar-refractivity contribution in [1.29, 1.82) is 0 Å². The number of hydrogen-bond donors (Lipinski definition) is 1. The van der Waals surface area contributed by atoms with Crippen LogP contribution in [0.1, 0.15) is 32.6 Å². The molecule has 0 unspecified atom stereocenters. The number of nitrogens with one attached hydrogen (secondary N) is 1. The largest absolute Gasteiger partial charge is 0.352 e. The van der Waals surface area contributed by atoms with Gasteiger partial charge < -0.3 is 5.32 Å². The Hall–Kier alpha value is -1.17. The predicted molar refractivity (Wildman–Crippen MR) is 63.3 cm³/mol. The molecule has 1 amide bonds. The molecule has 0 bridgehead atoms. The summed E-state index contributed by atoms with van der Waals surface area (Å²) in [5, 5.41) is 2.67. The van der Waals surface area contributed by atoms with Gasteiger partial charge in [-0.25, -0.2) is 0 Å². The molecule has 1 aliphatic carbocycles. The monoisotopic (exact) mass is 261 g/mol. The molecule has 0 saturated carbocycles. The lowest BCUT2D eigenvalue weighted by molar-refractivity contribution is -0.117. The Balaban J connectivity index is 2.46. The van der Waals surface area contributed by atoms with Crippen LogP contribution >= 0.6 is 0 Å². The van der Waals surface area contributed by atoms with Crippen LogP contribution in [0.3, 0.4) is 0 Å². The number of carbonyl (C=O) groups is 1. The minimum absolute atomic E-state index is 0.165. The molecule has 1 rings (SSSR count). The highest BCUT2D eigenvalue weighted by Gasteiger charge is 2.21. The number of rotatable bonds is 6. The molecular weight excluding hydrogens is 245 g/mol. The predicted octanol–water partition coefficient (Wildman–Crippen LogP) is 1.81. The summed E-state index contributed by atoms with van der Waals surface area (Å²) in [5.41, 5.74) is 0.290. The molecular formula is C11H16FNO3S. The Labute approximate surface area is 101 Å². The van der Waals surface area contributed by atoms with E-state index in [4.69, 9.17) is 0 Å². The molecule has 0 aromatic heterocycles. The van der Waals surface area contributed by atoms with Gasteiger partial charge in [-0.15, -0.1) is 3.89 Å². The van der Waals surface area contributed by atoms with E-state index in [9.17, 15) is 17.1 Å². The molecule has 1 N–H and O–H groups in total. The molecule has 0 heterocycles. The average molecular weight is 261 g/mol. The summed E-state index contributed by atoms with van der Waals surface area (Å²) < 4.78 is 33.8. The van der Waals surface area contributed by atoms with Gasteiger partial charge in [-0.1, -0.05) is 25.8 Å². The van der Waals surface area contributed by atoms with Gasteiger partial charge in [0.1, 0.15) is 0 Å². The number of unbranched alkanes of at least 4 members (excludes halogenated alkanes) is 2. The average Bonchev–Trinajstić information content (AvgIpc) is 2.72. The van der Waals surface area contributed by atoms with Crippen LogP contribution < -0.4 is 5.32 Å². The van der Waals surface area contributed by atoms with Gasteiger partial charge in [-0.3, -0.25) is 4.79 Å². The van der Waals surface area contributed by atoms with E-state index in [1.807, 2.05) is 0 Å². The van der Waals surface area contributed by atoms with Crippen LogP contribution in [-0.2, 0) is 15.0 Å². The Morgan fingerprint density at radius 3 is 2.71 bits per heavy atom. The van der Waals surface area contributed by atoms with Gasteiger partial charge in [0.2, 0.25) is 5.91 Å². The van der Waals surface area contributed by atoms with Gasteiger partial charge in [-0.2, -0.15) is 8.42 Å². The highest BCUT2D eigenvalue weighted by molar-refractivity contribution is 7.90. The smallest absolute Gasteiger partial charge is 0.331 e. The van der Waals surface area contributed by atoms with Gasteiger partial charge in [0, 0.05) is 12.1 Å². The quantitative estimate of drug-likeness (QED) is 0.586. The third-order valence-corrected chi connectivity index (χ3v) is 3.33. The zero-order valence-electron chi connectivity index (χ0n) is 9.70. The lowest BCUT2D eigenvalue weighted by atomic mass is 10.2. The van der Waals surface area contributed by atoms with Gasteiger partial charge in [0.15, 0.2) is 0 Å². The molecule has 0 aromatic carbocycles. The summed E-state index contributed by atoms with van der Waals surface area (Å²) >= 11 is 0. The minimum Gasteiger partial charge on any atom is -0.352 e. The molecule has 96 valence electrons. The number of amides is 1. The number of allylic oxidation sites excluding steroid dienone is 2. The lowest BCUT2D eigenvalue weighted by Gasteiger charge is -2.04. The van der Waals surface area contributed by atoms with Gasteiger partial charge in [0.25, 0.3) is 0 Å². The first-order valence-electron chi connectivity index (χ1n) is 5.58. The second kappa shape index (κ2) is 5.95. The van der Waals surface area contributed by atoms with E-state index >= 15 is 0 Å². The van der Waals surface area contributed by atoms with E-state index in [1.165, 1.54) is 6.08 Å². The van der Waals surface area contributed by atoms with E-state index in [0.29, 0.717) is 6.54 Å². The van der Waals surface area contributed by atoms with E-state index in [1.54, 1.807) is 0 Å². The summed E-state index contributed by atoms with van der Waals surface area (Å²) in [6.45, 7) is 2.62. The molecule has 6 heteroatoms. The number of halogens is 1. The fraction of sp³-hybridized carbons (Fsp3) is 0.545. The summed E-state index contributed by atoms with van der Waals surface area (Å²) in [6.07, 6.45) is 5.43. The van der Waals surface area contributed by atoms with E-state index in [2.05, 4.69) is 12.2 Å². The van der Waals surface area contributed by atoms with Crippen molar-refractivity contribution in [3.8, 4) is 0 Å². The maximum atomic E-state index is 12.6. The standard InChI is InChI=1S/C11H16FNO3S/c1-2-3-4-7-13-11(14)9-5-6-10(8-9)17(12,15)16/h6,8H,2-5,7H2,1H3,(H,13,14). The van der Waals surface area contributed by atoms with Crippen molar-refractivity contribution in [3.63, 3.8) is 0 Å². The fourth-order valence-electron chi connectivity index (χ4n) is 1.52. The van der Waals surface area contributed by atoms with Crippen molar-refractivity contribution in [2.75, 3.05) is 6.54 Å². The van der Waals surface area contributed by atoms with Crippen LogP contribution in [0.25, 0.3) is 0 Å². The third-order valence-electron chi connectivity index (χ3n) is 2.48. The van der Waals surface area contributed by atoms with Crippen LogP contribution in [0, 0.1) is 0 Å². The van der Waals surface area contributed by atoms with Crippen molar-refractivity contribution in [2.45, 2.75) is 32.6 Å². The summed E-state index contributed by atoms with van der Waals surface area (Å²) in [7, 11) is -4.69. The molecule has 1 aliphatic rings. The second-order valence-corrected chi connectivity index (χ2v) is 5.23. The van der Waals surface area contributed by atoms with Crippen LogP contribution in [0.4, 0.5) is 3.89 Å². The first-order chi connectivity index (χ1) is 7.95. The normalized spacial score (nSPS) is 15.4. The highest BCUT2D eigenvalue weighted by atomic mass is 32.3. The molecule has 17 heavy (non-hydrogen) atoms. The first-order valence-corrected chi connectivity index (χ1v) is 6.97. The minimum atomic E-state index is -4.69. The number of carbonyl (C=O) groups excluding carboxylic acids is 1. The van der Waals surface area contributed by atoms with Crippen molar-refractivity contribution in [1.82, 2.24) is 5.32 Å². The zero-order valence-corrected chi connectivity index (χ0v) is 10.5. The maximum absolute atomic E-state index is 12.6. The maximum Gasteiger partial charge on any atom is 0.331 e. The third kappa shape index (κ3) is 4.30. The van der Waals surface area contributed by atoms with Crippen LogP contribution in [0.2, 0.25) is 0 Å². The fourth-order valence-corrected chi connectivity index (χ4v) is 2.08. The lowest BCUT2D eigenvalue weighted by Crippen LogP contribution is -2.25. The Morgan fingerprint density at radius 1 is 1.47 bits per heavy atom. The Morgan fingerprint density at radius 2 is 2.18 bits per heavy atom. The zero-order chi connectivity index (χ0) is 12.9. The molecule has 0 saturated heterocycles. The molecule has 0 aliphatic heterocycles. The summed E-state index contributed by atoms with van der Waals surface area (Å²) in [6, 6.07) is 0.